The lowest BCUT2D eigenvalue weighted by Gasteiger charge is -2.25. The fourth-order valence-corrected chi connectivity index (χ4v) is 3.66. The molecule has 3 rings (SSSR count). The Balaban J connectivity index is 1.72. The normalized spacial score (nSPS) is 18.7. The Hall–Kier alpha value is -2.86. The highest BCUT2D eigenvalue weighted by Crippen LogP contribution is 2.33. The van der Waals surface area contributed by atoms with Gasteiger partial charge < -0.3 is 10.6 Å². The molecule has 0 aliphatic carbocycles. The Bertz CT molecular complexity index is 912. The first-order valence-corrected chi connectivity index (χ1v) is 10.1. The van der Waals surface area contributed by atoms with Gasteiger partial charge in [0.2, 0.25) is 5.91 Å². The summed E-state index contributed by atoms with van der Waals surface area (Å²) in [5.41, 5.74) is 1.26. The summed E-state index contributed by atoms with van der Waals surface area (Å²) in [6, 6.07) is 13.7. The van der Waals surface area contributed by atoms with Gasteiger partial charge >= 0.3 is 6.03 Å². The van der Waals surface area contributed by atoms with Crippen molar-refractivity contribution in [2.75, 3.05) is 11.9 Å². The Labute approximate surface area is 175 Å². The fraction of sp³-hybridized carbons (Fsp3) is 0.318. The summed E-state index contributed by atoms with van der Waals surface area (Å²) < 4.78 is 0. The third-order valence-electron chi connectivity index (χ3n) is 5.12. The van der Waals surface area contributed by atoms with Crippen LogP contribution in [0.15, 0.2) is 48.5 Å². The summed E-state index contributed by atoms with van der Waals surface area (Å²) in [7, 11) is 0. The minimum atomic E-state index is -1.19. The smallest absolute Gasteiger partial charge is 0.325 e. The molecular weight excluding hydrogens is 390 g/mol. The molecule has 1 fully saturated rings. The van der Waals surface area contributed by atoms with Crippen LogP contribution in [0, 0.1) is 0 Å². The molecule has 0 saturated carbocycles. The first kappa shape index (κ1) is 20.9. The SMILES string of the molecule is CCCc1ccc(NC(=O)CN2C(=O)NC(CC)(c3ccc(Cl)cc3)C2=O)cc1. The van der Waals surface area contributed by atoms with E-state index in [-0.39, 0.29) is 6.54 Å². The van der Waals surface area contributed by atoms with Crippen LogP contribution in [0.2, 0.25) is 5.02 Å². The number of halogens is 1. The van der Waals surface area contributed by atoms with Crippen LogP contribution in [0.4, 0.5) is 10.5 Å². The van der Waals surface area contributed by atoms with Gasteiger partial charge in [0.25, 0.3) is 5.91 Å². The number of carbonyl (C=O) groups is 3. The van der Waals surface area contributed by atoms with Gasteiger partial charge in [0.05, 0.1) is 0 Å². The number of aryl methyl sites for hydroxylation is 1. The predicted octanol–water partition coefficient (Wildman–Crippen LogP) is 4.09. The molecule has 1 aliphatic heterocycles. The van der Waals surface area contributed by atoms with Crippen LogP contribution in [0.1, 0.15) is 37.8 Å². The molecule has 1 saturated heterocycles. The average Bonchev–Trinajstić information content (AvgIpc) is 2.95. The molecule has 1 heterocycles. The third-order valence-corrected chi connectivity index (χ3v) is 5.37. The van der Waals surface area contributed by atoms with Crippen molar-refractivity contribution in [3.8, 4) is 0 Å². The number of nitrogens with zero attached hydrogens (tertiary/aromatic N) is 1. The van der Waals surface area contributed by atoms with Gasteiger partial charge in [-0.3, -0.25) is 14.5 Å². The summed E-state index contributed by atoms with van der Waals surface area (Å²) in [6.45, 7) is 3.57. The zero-order chi connectivity index (χ0) is 21.0. The number of amides is 4. The van der Waals surface area contributed by atoms with Gasteiger partial charge in [0.15, 0.2) is 0 Å². The van der Waals surface area contributed by atoms with Crippen LogP contribution in [-0.4, -0.2) is 29.3 Å². The monoisotopic (exact) mass is 413 g/mol. The number of anilines is 1. The molecule has 1 unspecified atom stereocenters. The zero-order valence-corrected chi connectivity index (χ0v) is 17.3. The second kappa shape index (κ2) is 8.66. The summed E-state index contributed by atoms with van der Waals surface area (Å²) in [6.07, 6.45) is 2.38. The number of nitrogens with one attached hydrogen (secondary N) is 2. The molecule has 6 nitrogen and oxygen atoms in total. The average molecular weight is 414 g/mol. The molecule has 29 heavy (non-hydrogen) atoms. The maximum absolute atomic E-state index is 13.1. The number of hydrogen-bond acceptors (Lipinski definition) is 3. The highest BCUT2D eigenvalue weighted by molar-refractivity contribution is 6.30. The molecule has 1 aliphatic rings. The Morgan fingerprint density at radius 1 is 1.07 bits per heavy atom. The van der Waals surface area contributed by atoms with Crippen molar-refractivity contribution in [1.29, 1.82) is 0 Å². The molecule has 152 valence electrons. The van der Waals surface area contributed by atoms with Gasteiger partial charge in [-0.25, -0.2) is 4.79 Å². The topological polar surface area (TPSA) is 78.5 Å². The number of carbonyl (C=O) groups excluding carboxylic acids is 3. The third kappa shape index (κ3) is 4.27. The molecule has 2 N–H and O–H groups in total. The highest BCUT2D eigenvalue weighted by atomic mass is 35.5. The van der Waals surface area contributed by atoms with E-state index >= 15 is 0 Å². The molecule has 0 radical (unpaired) electrons. The quantitative estimate of drug-likeness (QED) is 0.671. The molecule has 0 bridgehead atoms. The van der Waals surface area contributed by atoms with Crippen molar-refractivity contribution in [2.45, 2.75) is 38.6 Å². The van der Waals surface area contributed by atoms with Crippen LogP contribution in [0.5, 0.6) is 0 Å². The van der Waals surface area contributed by atoms with Crippen molar-refractivity contribution in [3.63, 3.8) is 0 Å². The lowest BCUT2D eigenvalue weighted by Crippen LogP contribution is -2.44. The maximum atomic E-state index is 13.1. The number of urea groups is 1. The number of rotatable bonds is 7. The lowest BCUT2D eigenvalue weighted by molar-refractivity contribution is -0.134. The summed E-state index contributed by atoms with van der Waals surface area (Å²) >= 11 is 5.94. The second-order valence-electron chi connectivity index (χ2n) is 7.08. The van der Waals surface area contributed by atoms with E-state index in [1.165, 1.54) is 5.56 Å². The van der Waals surface area contributed by atoms with E-state index < -0.39 is 23.4 Å². The van der Waals surface area contributed by atoms with Crippen molar-refractivity contribution in [2.24, 2.45) is 0 Å². The van der Waals surface area contributed by atoms with E-state index in [1.807, 2.05) is 31.2 Å². The van der Waals surface area contributed by atoms with Crippen LogP contribution in [-0.2, 0) is 21.5 Å². The van der Waals surface area contributed by atoms with Gasteiger partial charge in [-0.15, -0.1) is 0 Å². The van der Waals surface area contributed by atoms with Crippen LogP contribution in [0.25, 0.3) is 0 Å². The lowest BCUT2D eigenvalue weighted by atomic mass is 9.87. The van der Waals surface area contributed by atoms with Gasteiger partial charge in [-0.2, -0.15) is 0 Å². The van der Waals surface area contributed by atoms with E-state index in [9.17, 15) is 14.4 Å². The highest BCUT2D eigenvalue weighted by Gasteiger charge is 2.51. The van der Waals surface area contributed by atoms with Crippen molar-refractivity contribution >= 4 is 35.1 Å². The van der Waals surface area contributed by atoms with Crippen molar-refractivity contribution in [3.05, 3.63) is 64.7 Å². The van der Waals surface area contributed by atoms with Crippen LogP contribution in [0.3, 0.4) is 0 Å². The first-order chi connectivity index (χ1) is 13.9. The first-order valence-electron chi connectivity index (χ1n) is 9.68. The summed E-state index contributed by atoms with van der Waals surface area (Å²) in [5.74, 6) is -0.875. The minimum absolute atomic E-state index is 0.350. The molecule has 2 aromatic rings. The van der Waals surface area contributed by atoms with Gasteiger partial charge in [-0.1, -0.05) is 56.1 Å². The molecule has 4 amide bonds. The van der Waals surface area contributed by atoms with E-state index in [2.05, 4.69) is 17.6 Å². The standard InChI is InChI=1S/C22H24ClN3O3/c1-3-5-15-6-12-18(13-7-15)24-19(27)14-26-20(28)22(4-2,25-21(26)29)16-8-10-17(23)11-9-16/h6-13H,3-5,14H2,1-2H3,(H,24,27)(H,25,29). The minimum Gasteiger partial charge on any atom is -0.325 e. The van der Waals surface area contributed by atoms with E-state index in [0.717, 1.165) is 17.7 Å². The van der Waals surface area contributed by atoms with Gasteiger partial charge in [0, 0.05) is 10.7 Å². The molecule has 1 atom stereocenters. The second-order valence-corrected chi connectivity index (χ2v) is 7.52. The number of benzene rings is 2. The molecular formula is C22H24ClN3O3. The molecule has 0 aromatic heterocycles. The van der Waals surface area contributed by atoms with E-state index in [0.29, 0.717) is 22.7 Å². The molecule has 2 aromatic carbocycles. The van der Waals surface area contributed by atoms with Crippen LogP contribution >= 0.6 is 11.6 Å². The van der Waals surface area contributed by atoms with Crippen LogP contribution < -0.4 is 10.6 Å². The summed E-state index contributed by atoms with van der Waals surface area (Å²) in [5, 5.41) is 6.04. The van der Waals surface area contributed by atoms with Gasteiger partial charge in [0.1, 0.15) is 12.1 Å². The van der Waals surface area contributed by atoms with Crippen molar-refractivity contribution in [1.82, 2.24) is 10.2 Å². The zero-order valence-electron chi connectivity index (χ0n) is 16.5. The molecule has 0 spiro atoms. The van der Waals surface area contributed by atoms with Crippen molar-refractivity contribution < 1.29 is 14.4 Å². The van der Waals surface area contributed by atoms with E-state index in [1.54, 1.807) is 24.3 Å². The Morgan fingerprint density at radius 3 is 2.31 bits per heavy atom. The van der Waals surface area contributed by atoms with Gasteiger partial charge in [-0.05, 0) is 48.2 Å². The maximum Gasteiger partial charge on any atom is 0.325 e. The number of hydrogen-bond donors (Lipinski definition) is 2. The predicted molar refractivity (Wildman–Crippen MR) is 113 cm³/mol. The van der Waals surface area contributed by atoms with E-state index in [4.69, 9.17) is 11.6 Å². The number of imide groups is 1. The fourth-order valence-electron chi connectivity index (χ4n) is 3.53. The summed E-state index contributed by atoms with van der Waals surface area (Å²) in [4.78, 5) is 39.0. The Kier molecular flexibility index (Phi) is 6.23. The Morgan fingerprint density at radius 2 is 1.72 bits per heavy atom. The molecule has 7 heteroatoms. The largest absolute Gasteiger partial charge is 0.325 e.